The zero-order valence-corrected chi connectivity index (χ0v) is 49.0. The molecule has 0 aliphatic carbocycles. The van der Waals surface area contributed by atoms with E-state index in [1.807, 2.05) is 6.08 Å². The summed E-state index contributed by atoms with van der Waals surface area (Å²) in [5.41, 5.74) is 0. The smallest absolute Gasteiger partial charge is 0.306 e. The van der Waals surface area contributed by atoms with Crippen LogP contribution in [-0.2, 0) is 28.6 Å². The van der Waals surface area contributed by atoms with Crippen molar-refractivity contribution in [3.05, 3.63) is 109 Å². The van der Waals surface area contributed by atoms with Crippen LogP contribution in [0.25, 0.3) is 0 Å². The van der Waals surface area contributed by atoms with E-state index in [-0.39, 0.29) is 37.5 Å². The Morgan fingerprint density at radius 3 is 0.907 bits per heavy atom. The molecule has 0 aromatic heterocycles. The van der Waals surface area contributed by atoms with Crippen LogP contribution in [0.1, 0.15) is 290 Å². The van der Waals surface area contributed by atoms with Gasteiger partial charge in [-0.2, -0.15) is 0 Å². The second-order valence-corrected chi connectivity index (χ2v) is 20.5. The zero-order chi connectivity index (χ0) is 54.3. The summed E-state index contributed by atoms with van der Waals surface area (Å²) in [5.74, 6) is -0.990. The molecule has 0 saturated carbocycles. The molecule has 428 valence electrons. The van der Waals surface area contributed by atoms with E-state index in [4.69, 9.17) is 14.2 Å². The van der Waals surface area contributed by atoms with Gasteiger partial charge in [-0.3, -0.25) is 14.4 Å². The van der Waals surface area contributed by atoms with Gasteiger partial charge in [-0.25, -0.2) is 0 Å². The molecule has 0 aliphatic rings. The molecule has 0 amide bonds. The van der Waals surface area contributed by atoms with E-state index in [0.717, 1.165) is 103 Å². The molecule has 1 atom stereocenters. The molecule has 6 heteroatoms. The van der Waals surface area contributed by atoms with Crippen LogP contribution in [0, 0.1) is 0 Å². The van der Waals surface area contributed by atoms with Gasteiger partial charge in [0.25, 0.3) is 0 Å². The first-order valence-electron chi connectivity index (χ1n) is 31.4. The van der Waals surface area contributed by atoms with Crippen molar-refractivity contribution in [3.8, 4) is 0 Å². The van der Waals surface area contributed by atoms with Crippen molar-refractivity contribution in [2.45, 2.75) is 297 Å². The van der Waals surface area contributed by atoms with Crippen LogP contribution in [0.5, 0.6) is 0 Å². The molecule has 75 heavy (non-hydrogen) atoms. The fourth-order valence-electron chi connectivity index (χ4n) is 8.62. The predicted octanol–water partition coefficient (Wildman–Crippen LogP) is 21.4. The minimum atomic E-state index is -0.811. The Morgan fingerprint density at radius 2 is 0.547 bits per heavy atom. The first kappa shape index (κ1) is 71.1. The number of allylic oxidation sites excluding steroid dienone is 18. The van der Waals surface area contributed by atoms with Crippen molar-refractivity contribution in [1.82, 2.24) is 0 Å². The topological polar surface area (TPSA) is 78.9 Å². The highest BCUT2D eigenvalue weighted by Crippen LogP contribution is 2.16. The zero-order valence-electron chi connectivity index (χ0n) is 49.0. The average molecular weight is 1040 g/mol. The molecule has 0 saturated heterocycles. The predicted molar refractivity (Wildman–Crippen MR) is 325 cm³/mol. The molecule has 0 rings (SSSR count). The molecule has 0 N–H and O–H groups in total. The maximum Gasteiger partial charge on any atom is 0.306 e. The highest BCUT2D eigenvalue weighted by molar-refractivity contribution is 5.71. The Morgan fingerprint density at radius 1 is 0.280 bits per heavy atom. The summed E-state index contributed by atoms with van der Waals surface area (Å²) in [7, 11) is 0. The first-order valence-corrected chi connectivity index (χ1v) is 31.4. The van der Waals surface area contributed by atoms with Gasteiger partial charge in [0.2, 0.25) is 0 Å². The van der Waals surface area contributed by atoms with Gasteiger partial charge in [0, 0.05) is 19.3 Å². The van der Waals surface area contributed by atoms with Gasteiger partial charge in [-0.15, -0.1) is 0 Å². The lowest BCUT2D eigenvalue weighted by Gasteiger charge is -2.18. The van der Waals surface area contributed by atoms with Gasteiger partial charge in [-0.05, 0) is 109 Å². The van der Waals surface area contributed by atoms with E-state index < -0.39 is 6.10 Å². The lowest BCUT2D eigenvalue weighted by atomic mass is 10.0. The summed E-state index contributed by atoms with van der Waals surface area (Å²) < 4.78 is 16.8. The molecule has 0 aromatic carbocycles. The highest BCUT2D eigenvalue weighted by Gasteiger charge is 2.19. The number of carbonyl (C=O) groups is 3. The van der Waals surface area contributed by atoms with Crippen molar-refractivity contribution < 1.29 is 28.6 Å². The molecule has 0 aromatic rings. The van der Waals surface area contributed by atoms with Crippen LogP contribution in [-0.4, -0.2) is 37.2 Å². The number of carbonyl (C=O) groups excluding carboxylic acids is 3. The molecule has 0 fully saturated rings. The van der Waals surface area contributed by atoms with E-state index in [2.05, 4.69) is 124 Å². The monoisotopic (exact) mass is 1040 g/mol. The largest absolute Gasteiger partial charge is 0.462 e. The van der Waals surface area contributed by atoms with E-state index in [1.165, 1.54) is 141 Å². The number of rotatable bonds is 56. The molecular formula is C69H116O6. The summed E-state index contributed by atoms with van der Waals surface area (Å²) in [6.07, 6.45) is 85.5. The Kier molecular flexibility index (Phi) is 59.3. The van der Waals surface area contributed by atoms with Crippen LogP contribution < -0.4 is 0 Å². The average Bonchev–Trinajstić information content (AvgIpc) is 3.41. The van der Waals surface area contributed by atoms with Crippen molar-refractivity contribution in [3.63, 3.8) is 0 Å². The van der Waals surface area contributed by atoms with Crippen LogP contribution in [0.3, 0.4) is 0 Å². The fraction of sp³-hybridized carbons (Fsp3) is 0.696. The fourth-order valence-corrected chi connectivity index (χ4v) is 8.62. The Labute approximate surface area is 463 Å². The number of unbranched alkanes of at least 4 members (excludes halogenated alkanes) is 27. The summed E-state index contributed by atoms with van der Waals surface area (Å²) in [6, 6.07) is 0. The maximum absolute atomic E-state index is 12.9. The van der Waals surface area contributed by atoms with E-state index in [9.17, 15) is 14.4 Å². The van der Waals surface area contributed by atoms with Gasteiger partial charge in [-0.1, -0.05) is 271 Å². The minimum Gasteiger partial charge on any atom is -0.462 e. The number of ether oxygens (including phenoxy) is 3. The van der Waals surface area contributed by atoms with Crippen LogP contribution >= 0.6 is 0 Å². The van der Waals surface area contributed by atoms with Gasteiger partial charge in [0.05, 0.1) is 0 Å². The van der Waals surface area contributed by atoms with E-state index in [0.29, 0.717) is 19.3 Å². The van der Waals surface area contributed by atoms with Crippen LogP contribution in [0.15, 0.2) is 109 Å². The third-order valence-corrected chi connectivity index (χ3v) is 13.3. The second-order valence-electron chi connectivity index (χ2n) is 20.5. The minimum absolute atomic E-state index is 0.102. The molecule has 0 bridgehead atoms. The third-order valence-electron chi connectivity index (χ3n) is 13.3. The molecule has 0 heterocycles. The molecular weight excluding hydrogens is 925 g/mol. The van der Waals surface area contributed by atoms with Crippen molar-refractivity contribution in [2.24, 2.45) is 0 Å². The standard InChI is InChI=1S/C69H116O6/c1-4-7-10-13-16-19-22-25-27-28-29-30-31-32-33-34-35-36-37-38-39-40-42-44-47-50-53-56-59-62-68(71)74-65-66(64-73-67(70)61-58-55-52-49-46-43-24-21-18-15-12-9-6-3)75-69(72)63-60-57-54-51-48-45-41-26-23-20-17-14-11-8-5-2/h7,9-10,12,16,18-19,21,25-27,29-30,41,43,46,52,55,66H,4-6,8,11,13-15,17,20,22-24,28,31-40,42,44-45,47-51,53-54,56-65H2,1-3H3/b10-7-,12-9-,19-16-,21-18-,27-25-,30-29-,41-26-,46-43-,55-52-. The van der Waals surface area contributed by atoms with Crippen LogP contribution in [0.2, 0.25) is 0 Å². The lowest BCUT2D eigenvalue weighted by molar-refractivity contribution is -0.166. The third kappa shape index (κ3) is 60.8. The first-order chi connectivity index (χ1) is 37.0. The summed E-state index contributed by atoms with van der Waals surface area (Å²) in [4.78, 5) is 38.2. The Hall–Kier alpha value is -3.93. The van der Waals surface area contributed by atoms with Crippen LogP contribution in [0.4, 0.5) is 0 Å². The molecule has 1 unspecified atom stereocenters. The van der Waals surface area contributed by atoms with Gasteiger partial charge >= 0.3 is 17.9 Å². The van der Waals surface area contributed by atoms with Crippen molar-refractivity contribution in [2.75, 3.05) is 13.2 Å². The maximum atomic E-state index is 12.9. The SMILES string of the molecule is CC/C=C\C/C=C\C/C=C\C/C=C\CCCCCCCCCCCCCCCCCCC(=O)OCC(COC(=O)CC/C=C\C/C=C\C/C=C\C/C=C\CC)OC(=O)CCCCCCC/C=C\CCCCCCCC. The molecule has 0 aliphatic heterocycles. The number of esters is 3. The molecule has 0 radical (unpaired) electrons. The van der Waals surface area contributed by atoms with Gasteiger partial charge in [0.1, 0.15) is 13.2 Å². The van der Waals surface area contributed by atoms with Gasteiger partial charge < -0.3 is 14.2 Å². The molecule has 6 nitrogen and oxygen atoms in total. The normalized spacial score (nSPS) is 12.8. The number of hydrogen-bond acceptors (Lipinski definition) is 6. The Bertz CT molecular complexity index is 1520. The summed E-state index contributed by atoms with van der Waals surface area (Å²) >= 11 is 0. The highest BCUT2D eigenvalue weighted by atomic mass is 16.6. The second kappa shape index (κ2) is 62.6. The van der Waals surface area contributed by atoms with Crippen molar-refractivity contribution in [1.29, 1.82) is 0 Å². The number of hydrogen-bond donors (Lipinski definition) is 0. The summed E-state index contributed by atoms with van der Waals surface area (Å²) in [5, 5.41) is 0. The van der Waals surface area contributed by atoms with Gasteiger partial charge in [0.15, 0.2) is 6.10 Å². The van der Waals surface area contributed by atoms with E-state index >= 15 is 0 Å². The van der Waals surface area contributed by atoms with E-state index in [1.54, 1.807) is 0 Å². The Balaban J connectivity index is 4.26. The van der Waals surface area contributed by atoms with Crippen molar-refractivity contribution >= 4 is 17.9 Å². The summed E-state index contributed by atoms with van der Waals surface area (Å²) in [6.45, 7) is 6.35. The quantitative estimate of drug-likeness (QED) is 0.0261. The molecule has 0 spiro atoms. The lowest BCUT2D eigenvalue weighted by Crippen LogP contribution is -2.30.